The van der Waals surface area contributed by atoms with Crippen molar-refractivity contribution in [3.63, 3.8) is 0 Å². The Bertz CT molecular complexity index is 942. The minimum absolute atomic E-state index is 0.108. The molecule has 2 saturated heterocycles. The van der Waals surface area contributed by atoms with Crippen molar-refractivity contribution >= 4 is 11.8 Å². The zero-order valence-electron chi connectivity index (χ0n) is 16.3. The molecule has 2 aliphatic rings. The molecular weight excluding hydrogens is 382 g/mol. The van der Waals surface area contributed by atoms with Gasteiger partial charge < -0.3 is 14.5 Å². The van der Waals surface area contributed by atoms with Crippen LogP contribution in [0.2, 0.25) is 0 Å². The quantitative estimate of drug-likeness (QED) is 0.763. The lowest BCUT2D eigenvalue weighted by molar-refractivity contribution is 0.0377. The molecule has 0 radical (unpaired) electrons. The Labute approximate surface area is 166 Å². The van der Waals surface area contributed by atoms with E-state index in [4.69, 9.17) is 4.74 Å². The molecule has 2 atom stereocenters. The summed E-state index contributed by atoms with van der Waals surface area (Å²) < 4.78 is 34.7. The fraction of sp³-hybridized carbons (Fsp3) is 0.450. The SMILES string of the molecule is Cc1cc(C(=O)N2C[C@H]3COC[C@@H]2CN(C(=O)c2ccc(F)cc2F)C3)nn1C. The minimum Gasteiger partial charge on any atom is -0.379 e. The van der Waals surface area contributed by atoms with Crippen LogP contribution in [0, 0.1) is 24.5 Å². The lowest BCUT2D eigenvalue weighted by Gasteiger charge is -2.31. The van der Waals surface area contributed by atoms with Gasteiger partial charge in [-0.05, 0) is 25.1 Å². The first-order valence-electron chi connectivity index (χ1n) is 9.47. The topological polar surface area (TPSA) is 67.7 Å². The second kappa shape index (κ2) is 7.55. The molecule has 2 fully saturated rings. The average molecular weight is 404 g/mol. The van der Waals surface area contributed by atoms with E-state index in [1.807, 2.05) is 6.92 Å². The van der Waals surface area contributed by atoms with Gasteiger partial charge in [0.05, 0.1) is 24.8 Å². The maximum Gasteiger partial charge on any atom is 0.274 e. The van der Waals surface area contributed by atoms with E-state index in [9.17, 15) is 18.4 Å². The predicted molar refractivity (Wildman–Crippen MR) is 99.3 cm³/mol. The minimum atomic E-state index is -0.891. The third-order valence-electron chi connectivity index (χ3n) is 5.51. The summed E-state index contributed by atoms with van der Waals surface area (Å²) in [6.07, 6.45) is 0. The fourth-order valence-electron chi connectivity index (χ4n) is 3.90. The van der Waals surface area contributed by atoms with Gasteiger partial charge >= 0.3 is 0 Å². The summed E-state index contributed by atoms with van der Waals surface area (Å²) in [6, 6.07) is 4.29. The number of nitrogens with zero attached hydrogens (tertiary/aromatic N) is 4. The molecule has 4 rings (SSSR count). The van der Waals surface area contributed by atoms with Gasteiger partial charge in [-0.2, -0.15) is 5.10 Å². The summed E-state index contributed by atoms with van der Waals surface area (Å²) in [5.41, 5.74) is 1.04. The van der Waals surface area contributed by atoms with Crippen molar-refractivity contribution in [3.8, 4) is 0 Å². The molecule has 0 aliphatic carbocycles. The van der Waals surface area contributed by atoms with Crippen molar-refractivity contribution in [2.45, 2.75) is 13.0 Å². The maximum absolute atomic E-state index is 14.1. The van der Waals surface area contributed by atoms with Gasteiger partial charge in [-0.25, -0.2) is 8.78 Å². The largest absolute Gasteiger partial charge is 0.379 e. The summed E-state index contributed by atoms with van der Waals surface area (Å²) in [6.45, 7) is 3.52. The van der Waals surface area contributed by atoms with Crippen LogP contribution in [0.5, 0.6) is 0 Å². The van der Waals surface area contributed by atoms with Crippen molar-refractivity contribution in [3.05, 3.63) is 52.9 Å². The highest BCUT2D eigenvalue weighted by Crippen LogP contribution is 2.24. The van der Waals surface area contributed by atoms with Gasteiger partial charge in [0.1, 0.15) is 11.6 Å². The van der Waals surface area contributed by atoms with Gasteiger partial charge in [0.2, 0.25) is 0 Å². The highest BCUT2D eigenvalue weighted by Gasteiger charge is 2.38. The zero-order chi connectivity index (χ0) is 20.7. The molecule has 0 spiro atoms. The van der Waals surface area contributed by atoms with E-state index >= 15 is 0 Å². The molecule has 1 aromatic heterocycles. The molecule has 2 bridgehead atoms. The van der Waals surface area contributed by atoms with Crippen LogP contribution < -0.4 is 0 Å². The zero-order valence-corrected chi connectivity index (χ0v) is 16.3. The Hall–Kier alpha value is -2.81. The molecular formula is C20H22F2N4O3. The molecule has 3 heterocycles. The number of benzene rings is 1. The summed E-state index contributed by atoms with van der Waals surface area (Å²) >= 11 is 0. The number of carbonyl (C=O) groups excluding carboxylic acids is 2. The highest BCUT2D eigenvalue weighted by atomic mass is 19.1. The number of hydrogen-bond acceptors (Lipinski definition) is 4. The van der Waals surface area contributed by atoms with Gasteiger partial charge in [0.15, 0.2) is 5.69 Å². The van der Waals surface area contributed by atoms with Gasteiger partial charge in [-0.1, -0.05) is 0 Å². The molecule has 0 N–H and O–H groups in total. The number of halogens is 2. The molecule has 29 heavy (non-hydrogen) atoms. The monoisotopic (exact) mass is 404 g/mol. The lowest BCUT2D eigenvalue weighted by atomic mass is 10.1. The van der Waals surface area contributed by atoms with E-state index in [1.165, 1.54) is 4.90 Å². The molecule has 1 aromatic carbocycles. The molecule has 2 aromatic rings. The van der Waals surface area contributed by atoms with Crippen LogP contribution in [-0.2, 0) is 11.8 Å². The summed E-state index contributed by atoms with van der Waals surface area (Å²) in [5, 5.41) is 4.27. The number of rotatable bonds is 2. The number of amides is 2. The van der Waals surface area contributed by atoms with Crippen molar-refractivity contribution in [2.24, 2.45) is 13.0 Å². The number of aromatic nitrogens is 2. The number of hydrogen-bond donors (Lipinski definition) is 0. The Morgan fingerprint density at radius 3 is 2.59 bits per heavy atom. The van der Waals surface area contributed by atoms with Crippen LogP contribution in [0.15, 0.2) is 24.3 Å². The van der Waals surface area contributed by atoms with Crippen molar-refractivity contribution in [1.29, 1.82) is 0 Å². The van der Waals surface area contributed by atoms with Crippen LogP contribution >= 0.6 is 0 Å². The first-order chi connectivity index (χ1) is 13.8. The van der Waals surface area contributed by atoms with Gasteiger partial charge in [-0.15, -0.1) is 0 Å². The molecule has 154 valence electrons. The second-order valence-electron chi connectivity index (χ2n) is 7.64. The smallest absolute Gasteiger partial charge is 0.274 e. The molecule has 2 aliphatic heterocycles. The van der Waals surface area contributed by atoms with Crippen LogP contribution in [-0.4, -0.2) is 70.3 Å². The van der Waals surface area contributed by atoms with Crippen LogP contribution in [0.25, 0.3) is 0 Å². The first-order valence-corrected chi connectivity index (χ1v) is 9.47. The Balaban J connectivity index is 1.59. The molecule has 9 heteroatoms. The van der Waals surface area contributed by atoms with E-state index in [0.29, 0.717) is 31.5 Å². The van der Waals surface area contributed by atoms with Crippen LogP contribution in [0.1, 0.15) is 26.5 Å². The molecule has 2 amide bonds. The number of fused-ring (bicyclic) bond motifs is 3. The summed E-state index contributed by atoms with van der Waals surface area (Å²) in [4.78, 5) is 29.2. The van der Waals surface area contributed by atoms with Gasteiger partial charge in [0.25, 0.3) is 11.8 Å². The lowest BCUT2D eigenvalue weighted by Crippen LogP contribution is -2.48. The Morgan fingerprint density at radius 2 is 1.90 bits per heavy atom. The normalized spacial score (nSPS) is 21.8. The Kier molecular flexibility index (Phi) is 5.08. The third kappa shape index (κ3) is 3.74. The molecule has 0 unspecified atom stereocenters. The van der Waals surface area contributed by atoms with E-state index in [0.717, 1.165) is 17.8 Å². The number of ether oxygens (including phenoxy) is 1. The first kappa shape index (κ1) is 19.5. The number of carbonyl (C=O) groups is 2. The van der Waals surface area contributed by atoms with Crippen molar-refractivity contribution in [2.75, 3.05) is 32.8 Å². The van der Waals surface area contributed by atoms with E-state index in [-0.39, 0.29) is 36.6 Å². The van der Waals surface area contributed by atoms with E-state index in [1.54, 1.807) is 22.7 Å². The third-order valence-corrected chi connectivity index (χ3v) is 5.51. The summed E-state index contributed by atoms with van der Waals surface area (Å²) in [7, 11) is 1.77. The Morgan fingerprint density at radius 1 is 1.10 bits per heavy atom. The van der Waals surface area contributed by atoms with E-state index < -0.39 is 17.5 Å². The standard InChI is InChI=1S/C20H22F2N4O3/c1-12-5-18(23-24(12)2)20(28)26-8-13-7-25(9-15(26)11-29-10-13)19(27)16-4-3-14(21)6-17(16)22/h3-6,13,15H,7-11H2,1-2H3/t13-,15-/m0/s1. The van der Waals surface area contributed by atoms with Crippen LogP contribution in [0.4, 0.5) is 8.78 Å². The van der Waals surface area contributed by atoms with Crippen molar-refractivity contribution < 1.29 is 23.1 Å². The summed E-state index contributed by atoms with van der Waals surface area (Å²) in [5.74, 6) is -2.46. The maximum atomic E-state index is 14.1. The number of aryl methyl sites for hydroxylation is 2. The fourth-order valence-corrected chi connectivity index (χ4v) is 3.90. The predicted octanol–water partition coefficient (Wildman–Crippen LogP) is 1.62. The van der Waals surface area contributed by atoms with E-state index in [2.05, 4.69) is 5.10 Å². The highest BCUT2D eigenvalue weighted by molar-refractivity contribution is 5.95. The molecule has 7 nitrogen and oxygen atoms in total. The van der Waals surface area contributed by atoms with Gasteiger partial charge in [-0.3, -0.25) is 14.3 Å². The van der Waals surface area contributed by atoms with Gasteiger partial charge in [0, 0.05) is 44.4 Å². The van der Waals surface area contributed by atoms with Crippen molar-refractivity contribution in [1.82, 2.24) is 19.6 Å². The second-order valence-corrected chi connectivity index (χ2v) is 7.64. The molecule has 0 saturated carbocycles. The van der Waals surface area contributed by atoms with Crippen LogP contribution in [0.3, 0.4) is 0 Å². The average Bonchev–Trinajstić information content (AvgIpc) is 2.83.